The Hall–Kier alpha value is -2.54. The molecule has 0 radical (unpaired) electrons. The maximum atomic E-state index is 13.0. The number of benzene rings is 1. The highest BCUT2D eigenvalue weighted by Gasteiger charge is 2.26. The van der Waals surface area contributed by atoms with Crippen molar-refractivity contribution in [2.45, 2.75) is 53.2 Å². The van der Waals surface area contributed by atoms with Gasteiger partial charge < -0.3 is 14.5 Å². The molecule has 1 aliphatic rings. The van der Waals surface area contributed by atoms with Gasteiger partial charge in [-0.3, -0.25) is 9.48 Å². The fourth-order valence-corrected chi connectivity index (χ4v) is 3.70. The zero-order chi connectivity index (χ0) is 22.8. The number of aromatic nitrogens is 2. The van der Waals surface area contributed by atoms with Gasteiger partial charge in [0.25, 0.3) is 5.91 Å². The summed E-state index contributed by atoms with van der Waals surface area (Å²) >= 11 is 6.23. The molecule has 0 spiro atoms. The average Bonchev–Trinajstić information content (AvgIpc) is 2.90. The average molecular weight is 447 g/mol. The third-order valence-electron chi connectivity index (χ3n) is 5.26. The number of halogens is 1. The van der Waals surface area contributed by atoms with E-state index in [1.165, 1.54) is 0 Å². The smallest absolute Gasteiger partial charge is 0.410 e. The van der Waals surface area contributed by atoms with Gasteiger partial charge in [-0.2, -0.15) is 5.10 Å². The maximum Gasteiger partial charge on any atom is 0.410 e. The Morgan fingerprint density at radius 1 is 1.03 bits per heavy atom. The zero-order valence-electron chi connectivity index (χ0n) is 18.9. The zero-order valence-corrected chi connectivity index (χ0v) is 19.7. The van der Waals surface area contributed by atoms with Crippen molar-refractivity contribution in [3.63, 3.8) is 0 Å². The Kier molecular flexibility index (Phi) is 6.94. The van der Waals surface area contributed by atoms with E-state index in [1.54, 1.807) is 9.80 Å². The second kappa shape index (κ2) is 9.30. The summed E-state index contributed by atoms with van der Waals surface area (Å²) in [5.74, 6) is -0.0215. The summed E-state index contributed by atoms with van der Waals surface area (Å²) in [6.07, 6.45) is 0.400. The molecule has 1 aromatic heterocycles. The third kappa shape index (κ3) is 5.79. The van der Waals surface area contributed by atoms with E-state index < -0.39 is 5.60 Å². The molecule has 0 unspecified atom stereocenters. The molecule has 2 heterocycles. The molecule has 0 aliphatic carbocycles. The number of nitrogens with zero attached hydrogens (tertiary/aromatic N) is 4. The topological polar surface area (TPSA) is 67.7 Å². The number of carbonyl (C=O) groups excluding carboxylic acids is 2. The van der Waals surface area contributed by atoms with Crippen molar-refractivity contribution in [2.24, 2.45) is 0 Å². The van der Waals surface area contributed by atoms with Crippen LogP contribution in [0.25, 0.3) is 0 Å². The first kappa shape index (κ1) is 23.1. The highest BCUT2D eigenvalue weighted by atomic mass is 35.5. The first-order chi connectivity index (χ1) is 14.5. The highest BCUT2D eigenvalue weighted by Crippen LogP contribution is 2.20. The van der Waals surface area contributed by atoms with Crippen LogP contribution in [-0.2, 0) is 11.3 Å². The summed E-state index contributed by atoms with van der Waals surface area (Å²) in [5, 5.41) is 5.15. The minimum Gasteiger partial charge on any atom is -0.444 e. The molecule has 31 heavy (non-hydrogen) atoms. The van der Waals surface area contributed by atoms with Crippen LogP contribution in [0.5, 0.6) is 0 Å². The molecule has 1 aromatic carbocycles. The van der Waals surface area contributed by atoms with Crippen LogP contribution in [0.1, 0.15) is 54.5 Å². The van der Waals surface area contributed by atoms with Crippen LogP contribution in [-0.4, -0.2) is 63.4 Å². The number of aryl methyl sites for hydroxylation is 1. The lowest BCUT2D eigenvalue weighted by atomic mass is 10.1. The quantitative estimate of drug-likeness (QED) is 0.705. The van der Waals surface area contributed by atoms with Crippen LogP contribution in [0.4, 0.5) is 4.79 Å². The van der Waals surface area contributed by atoms with E-state index in [1.807, 2.05) is 63.6 Å². The number of carbonyl (C=O) groups is 2. The molecule has 2 amide bonds. The molecule has 1 aliphatic heterocycles. The molecule has 168 valence electrons. The molecule has 1 fully saturated rings. The van der Waals surface area contributed by atoms with Gasteiger partial charge in [0.15, 0.2) is 0 Å². The monoisotopic (exact) mass is 446 g/mol. The summed E-state index contributed by atoms with van der Waals surface area (Å²) in [4.78, 5) is 28.8. The van der Waals surface area contributed by atoms with Crippen LogP contribution in [0.15, 0.2) is 24.3 Å². The molecule has 0 N–H and O–H groups in total. The highest BCUT2D eigenvalue weighted by molar-refractivity contribution is 6.31. The fraction of sp³-hybridized carbons (Fsp3) is 0.522. The standard InChI is InChI=1S/C23H31ClN4O3/c1-16-20(24)17(2)28(25-16)15-18-7-9-19(10-8-18)21(29)26-11-6-12-27(14-13-26)22(30)31-23(3,4)5/h7-10H,6,11-15H2,1-5H3. The predicted octanol–water partition coefficient (Wildman–Crippen LogP) is 4.28. The van der Waals surface area contributed by atoms with Gasteiger partial charge in [-0.05, 0) is 58.7 Å². The van der Waals surface area contributed by atoms with Crippen molar-refractivity contribution in [2.75, 3.05) is 26.2 Å². The molecule has 1 saturated heterocycles. The maximum absolute atomic E-state index is 13.0. The molecule has 7 nitrogen and oxygen atoms in total. The van der Waals surface area contributed by atoms with Gasteiger partial charge in [-0.25, -0.2) is 4.79 Å². The van der Waals surface area contributed by atoms with Gasteiger partial charge in [0.2, 0.25) is 0 Å². The minimum absolute atomic E-state index is 0.0215. The van der Waals surface area contributed by atoms with Gasteiger partial charge in [0, 0.05) is 31.7 Å². The van der Waals surface area contributed by atoms with E-state index in [-0.39, 0.29) is 12.0 Å². The first-order valence-corrected chi connectivity index (χ1v) is 11.0. The van der Waals surface area contributed by atoms with Crippen molar-refractivity contribution in [1.29, 1.82) is 0 Å². The SMILES string of the molecule is Cc1nn(Cc2ccc(C(=O)N3CCCN(C(=O)OC(C)(C)C)CC3)cc2)c(C)c1Cl. The largest absolute Gasteiger partial charge is 0.444 e. The Bertz CT molecular complexity index is 947. The van der Waals surface area contributed by atoms with E-state index in [0.717, 1.165) is 23.4 Å². The lowest BCUT2D eigenvalue weighted by Crippen LogP contribution is -2.40. The Morgan fingerprint density at radius 3 is 2.23 bits per heavy atom. The molecule has 2 aromatic rings. The van der Waals surface area contributed by atoms with Crippen LogP contribution in [0.2, 0.25) is 5.02 Å². The fourth-order valence-electron chi connectivity index (χ4n) is 3.57. The van der Waals surface area contributed by atoms with Crippen LogP contribution < -0.4 is 0 Å². The number of ether oxygens (including phenoxy) is 1. The normalized spacial score (nSPS) is 15.0. The molecule has 0 atom stereocenters. The molecular weight excluding hydrogens is 416 g/mol. The van der Waals surface area contributed by atoms with Crippen molar-refractivity contribution in [3.05, 3.63) is 51.8 Å². The molecule has 0 bridgehead atoms. The van der Waals surface area contributed by atoms with Gasteiger partial charge >= 0.3 is 6.09 Å². The summed E-state index contributed by atoms with van der Waals surface area (Å²) in [5.41, 5.74) is 2.90. The molecule has 0 saturated carbocycles. The van der Waals surface area contributed by atoms with E-state index >= 15 is 0 Å². The molecule has 3 rings (SSSR count). The van der Waals surface area contributed by atoms with E-state index in [2.05, 4.69) is 5.10 Å². The van der Waals surface area contributed by atoms with Crippen LogP contribution in [0.3, 0.4) is 0 Å². The minimum atomic E-state index is -0.528. The molecular formula is C23H31ClN4O3. The van der Waals surface area contributed by atoms with Gasteiger partial charge in [-0.1, -0.05) is 23.7 Å². The summed E-state index contributed by atoms with van der Waals surface area (Å²) in [6, 6.07) is 7.59. The number of amides is 2. The lowest BCUT2D eigenvalue weighted by molar-refractivity contribution is 0.0255. The Morgan fingerprint density at radius 2 is 1.65 bits per heavy atom. The van der Waals surface area contributed by atoms with Crippen molar-refractivity contribution in [1.82, 2.24) is 19.6 Å². The first-order valence-electron chi connectivity index (χ1n) is 10.6. The summed E-state index contributed by atoms with van der Waals surface area (Å²) in [7, 11) is 0. The Balaban J connectivity index is 1.61. The van der Waals surface area contributed by atoms with Crippen LogP contribution in [0, 0.1) is 13.8 Å². The van der Waals surface area contributed by atoms with Gasteiger partial charge in [0.05, 0.1) is 23.0 Å². The number of hydrogen-bond acceptors (Lipinski definition) is 4. The summed E-state index contributed by atoms with van der Waals surface area (Å²) < 4.78 is 7.33. The third-order valence-corrected chi connectivity index (χ3v) is 5.81. The number of rotatable bonds is 3. The van der Waals surface area contributed by atoms with Crippen molar-refractivity contribution in [3.8, 4) is 0 Å². The predicted molar refractivity (Wildman–Crippen MR) is 121 cm³/mol. The summed E-state index contributed by atoms with van der Waals surface area (Å²) in [6.45, 7) is 12.2. The van der Waals surface area contributed by atoms with Crippen molar-refractivity contribution >= 4 is 23.6 Å². The van der Waals surface area contributed by atoms with Gasteiger partial charge in [0.1, 0.15) is 5.60 Å². The second-order valence-electron chi connectivity index (χ2n) is 8.95. The lowest BCUT2D eigenvalue weighted by Gasteiger charge is -2.26. The van der Waals surface area contributed by atoms with E-state index in [4.69, 9.17) is 16.3 Å². The number of hydrogen-bond donors (Lipinski definition) is 0. The Labute approximate surface area is 188 Å². The van der Waals surface area contributed by atoms with E-state index in [0.29, 0.717) is 43.3 Å². The molecule has 8 heteroatoms. The van der Waals surface area contributed by atoms with E-state index in [9.17, 15) is 9.59 Å². The van der Waals surface area contributed by atoms with Gasteiger partial charge in [-0.15, -0.1) is 0 Å². The van der Waals surface area contributed by atoms with Crippen molar-refractivity contribution < 1.29 is 14.3 Å². The second-order valence-corrected chi connectivity index (χ2v) is 9.33. The van der Waals surface area contributed by atoms with Crippen LogP contribution >= 0.6 is 11.6 Å².